The molecule has 6 heteroatoms. The molecule has 1 aromatic heterocycles. The van der Waals surface area contributed by atoms with Gasteiger partial charge >= 0.3 is 0 Å². The molecule has 1 heterocycles. The Balaban J connectivity index is 2.61. The Bertz CT molecular complexity index is 410. The van der Waals surface area contributed by atoms with Crippen molar-refractivity contribution in [2.24, 2.45) is 11.8 Å². The van der Waals surface area contributed by atoms with Gasteiger partial charge in [-0.15, -0.1) is 0 Å². The van der Waals surface area contributed by atoms with Crippen LogP contribution in [-0.4, -0.2) is 29.8 Å². The number of nitrogens with two attached hydrogens (primary N) is 1. The minimum atomic E-state index is 0.472. The van der Waals surface area contributed by atoms with E-state index in [0.717, 1.165) is 30.8 Å². The molecule has 0 saturated carbocycles. The summed E-state index contributed by atoms with van der Waals surface area (Å²) in [6.07, 6.45) is 1.78. The van der Waals surface area contributed by atoms with Crippen LogP contribution in [0, 0.1) is 12.8 Å². The van der Waals surface area contributed by atoms with Crippen molar-refractivity contribution in [2.45, 2.75) is 40.5 Å². The number of nitrogen functional groups attached to an aromatic ring is 1. The molecule has 0 atom stereocenters. The SMILES string of the molecule is CCCc1nc(NN)c(C)c(OCCOCC(C)C)n1. The van der Waals surface area contributed by atoms with E-state index in [4.69, 9.17) is 15.3 Å². The van der Waals surface area contributed by atoms with Gasteiger partial charge in [0.1, 0.15) is 18.2 Å². The monoisotopic (exact) mass is 282 g/mol. The molecule has 0 spiro atoms. The standard InChI is InChI=1S/C14H26N4O2/c1-5-6-12-16-13(18-15)11(4)14(17-12)20-8-7-19-9-10(2)3/h10H,5-9,15H2,1-4H3,(H,16,17,18). The second kappa shape index (κ2) is 8.71. The van der Waals surface area contributed by atoms with E-state index in [-0.39, 0.29) is 0 Å². The fraction of sp³-hybridized carbons (Fsp3) is 0.714. The number of hydrogen-bond acceptors (Lipinski definition) is 6. The van der Waals surface area contributed by atoms with Crippen molar-refractivity contribution in [1.29, 1.82) is 0 Å². The number of nitrogens with zero attached hydrogens (tertiary/aromatic N) is 2. The van der Waals surface area contributed by atoms with Gasteiger partial charge in [-0.2, -0.15) is 4.98 Å². The first-order valence-electron chi connectivity index (χ1n) is 7.13. The van der Waals surface area contributed by atoms with Crippen molar-refractivity contribution < 1.29 is 9.47 Å². The molecule has 0 aliphatic rings. The number of anilines is 1. The molecule has 0 aliphatic heterocycles. The molecule has 1 rings (SSSR count). The maximum atomic E-state index is 5.68. The third kappa shape index (κ3) is 5.30. The maximum Gasteiger partial charge on any atom is 0.221 e. The van der Waals surface area contributed by atoms with Crippen LogP contribution in [0.25, 0.3) is 0 Å². The Labute approximate surface area is 121 Å². The van der Waals surface area contributed by atoms with E-state index in [1.165, 1.54) is 0 Å². The highest BCUT2D eigenvalue weighted by Gasteiger charge is 2.11. The lowest BCUT2D eigenvalue weighted by atomic mass is 10.2. The van der Waals surface area contributed by atoms with Crippen LogP contribution in [0.3, 0.4) is 0 Å². The van der Waals surface area contributed by atoms with Crippen LogP contribution in [0.15, 0.2) is 0 Å². The summed E-state index contributed by atoms with van der Waals surface area (Å²) in [5.41, 5.74) is 3.40. The van der Waals surface area contributed by atoms with Crippen LogP contribution in [0.5, 0.6) is 5.88 Å². The molecule has 0 aliphatic carbocycles. The number of hydrazine groups is 1. The van der Waals surface area contributed by atoms with E-state index < -0.39 is 0 Å². The minimum Gasteiger partial charge on any atom is -0.475 e. The topological polar surface area (TPSA) is 82.3 Å². The van der Waals surface area contributed by atoms with E-state index >= 15 is 0 Å². The average Bonchev–Trinajstić information content (AvgIpc) is 2.41. The van der Waals surface area contributed by atoms with Crippen molar-refractivity contribution in [2.75, 3.05) is 25.2 Å². The Morgan fingerprint density at radius 3 is 2.60 bits per heavy atom. The van der Waals surface area contributed by atoms with Crippen molar-refractivity contribution in [3.8, 4) is 5.88 Å². The zero-order chi connectivity index (χ0) is 15.0. The first kappa shape index (κ1) is 16.7. The molecule has 114 valence electrons. The smallest absolute Gasteiger partial charge is 0.221 e. The minimum absolute atomic E-state index is 0.472. The summed E-state index contributed by atoms with van der Waals surface area (Å²) in [5.74, 6) is 7.93. The Morgan fingerprint density at radius 1 is 1.25 bits per heavy atom. The molecule has 3 N–H and O–H groups in total. The predicted molar refractivity (Wildman–Crippen MR) is 79.7 cm³/mol. The Morgan fingerprint density at radius 2 is 2.00 bits per heavy atom. The molecule has 0 bridgehead atoms. The summed E-state index contributed by atoms with van der Waals surface area (Å²) in [4.78, 5) is 8.77. The van der Waals surface area contributed by atoms with Gasteiger partial charge in [-0.05, 0) is 19.3 Å². The lowest BCUT2D eigenvalue weighted by Gasteiger charge is -2.13. The van der Waals surface area contributed by atoms with Gasteiger partial charge in [-0.1, -0.05) is 20.8 Å². The fourth-order valence-electron chi connectivity index (χ4n) is 1.67. The van der Waals surface area contributed by atoms with Crippen molar-refractivity contribution in [3.63, 3.8) is 0 Å². The Hall–Kier alpha value is -1.40. The van der Waals surface area contributed by atoms with E-state index in [1.807, 2.05) is 6.92 Å². The third-order valence-electron chi connectivity index (χ3n) is 2.68. The molecule has 20 heavy (non-hydrogen) atoms. The molecule has 1 aromatic rings. The van der Waals surface area contributed by atoms with Gasteiger partial charge in [0.05, 0.1) is 12.2 Å². The van der Waals surface area contributed by atoms with Crippen molar-refractivity contribution in [1.82, 2.24) is 9.97 Å². The molecular formula is C14H26N4O2. The molecule has 0 fully saturated rings. The maximum absolute atomic E-state index is 5.68. The quantitative estimate of drug-likeness (QED) is 0.410. The molecule has 0 amide bonds. The lowest BCUT2D eigenvalue weighted by Crippen LogP contribution is -2.15. The Kier molecular flexibility index (Phi) is 7.25. The van der Waals surface area contributed by atoms with Crippen LogP contribution < -0.4 is 16.0 Å². The van der Waals surface area contributed by atoms with Gasteiger partial charge in [0.2, 0.25) is 5.88 Å². The van der Waals surface area contributed by atoms with Gasteiger partial charge in [0.15, 0.2) is 0 Å². The number of hydrogen-bond donors (Lipinski definition) is 2. The summed E-state index contributed by atoms with van der Waals surface area (Å²) in [6, 6.07) is 0. The van der Waals surface area contributed by atoms with Crippen molar-refractivity contribution in [3.05, 3.63) is 11.4 Å². The van der Waals surface area contributed by atoms with Crippen LogP contribution in [-0.2, 0) is 11.2 Å². The highest BCUT2D eigenvalue weighted by Crippen LogP contribution is 2.21. The zero-order valence-electron chi connectivity index (χ0n) is 12.9. The van der Waals surface area contributed by atoms with E-state index in [0.29, 0.717) is 30.8 Å². The summed E-state index contributed by atoms with van der Waals surface area (Å²) >= 11 is 0. The number of aryl methyl sites for hydroxylation is 1. The lowest BCUT2D eigenvalue weighted by molar-refractivity contribution is 0.0803. The number of nitrogens with one attached hydrogen (secondary N) is 1. The zero-order valence-corrected chi connectivity index (χ0v) is 12.9. The summed E-state index contributed by atoms with van der Waals surface area (Å²) in [5, 5.41) is 0. The van der Waals surface area contributed by atoms with E-state index in [2.05, 4.69) is 36.2 Å². The molecule has 0 saturated heterocycles. The van der Waals surface area contributed by atoms with E-state index in [9.17, 15) is 0 Å². The van der Waals surface area contributed by atoms with E-state index in [1.54, 1.807) is 0 Å². The highest BCUT2D eigenvalue weighted by atomic mass is 16.5. The molecule has 6 nitrogen and oxygen atoms in total. The van der Waals surface area contributed by atoms with Crippen LogP contribution in [0.2, 0.25) is 0 Å². The van der Waals surface area contributed by atoms with Crippen LogP contribution in [0.1, 0.15) is 38.6 Å². The second-order valence-corrected chi connectivity index (χ2v) is 5.13. The fourth-order valence-corrected chi connectivity index (χ4v) is 1.67. The average molecular weight is 282 g/mol. The highest BCUT2D eigenvalue weighted by molar-refractivity contribution is 5.47. The summed E-state index contributed by atoms with van der Waals surface area (Å²) in [7, 11) is 0. The van der Waals surface area contributed by atoms with Gasteiger partial charge < -0.3 is 14.9 Å². The second-order valence-electron chi connectivity index (χ2n) is 5.13. The molecule has 0 radical (unpaired) electrons. The third-order valence-corrected chi connectivity index (χ3v) is 2.68. The first-order valence-corrected chi connectivity index (χ1v) is 7.13. The van der Waals surface area contributed by atoms with Crippen LogP contribution in [0.4, 0.5) is 5.82 Å². The van der Waals surface area contributed by atoms with Crippen molar-refractivity contribution >= 4 is 5.82 Å². The number of rotatable bonds is 9. The van der Waals surface area contributed by atoms with Gasteiger partial charge in [-0.3, -0.25) is 0 Å². The number of aromatic nitrogens is 2. The predicted octanol–water partition coefficient (Wildman–Crippen LogP) is 2.07. The molecule has 0 unspecified atom stereocenters. The first-order chi connectivity index (χ1) is 9.58. The largest absolute Gasteiger partial charge is 0.475 e. The summed E-state index contributed by atoms with van der Waals surface area (Å²) < 4.78 is 11.2. The van der Waals surface area contributed by atoms with Gasteiger partial charge in [-0.25, -0.2) is 10.8 Å². The van der Waals surface area contributed by atoms with Crippen LogP contribution >= 0.6 is 0 Å². The number of ether oxygens (including phenoxy) is 2. The normalized spacial score (nSPS) is 10.9. The van der Waals surface area contributed by atoms with Gasteiger partial charge in [0, 0.05) is 13.0 Å². The summed E-state index contributed by atoms with van der Waals surface area (Å²) in [6.45, 7) is 9.96. The molecule has 0 aromatic carbocycles. The van der Waals surface area contributed by atoms with Gasteiger partial charge in [0.25, 0.3) is 0 Å². The molecular weight excluding hydrogens is 256 g/mol.